The number of hydrogen-bond donors (Lipinski definition) is 6. The Balaban J connectivity index is 0.00000400. The molecule has 2 aromatic carbocycles. The Morgan fingerprint density at radius 1 is 1.17 bits per heavy atom. The van der Waals surface area contributed by atoms with E-state index in [1.54, 1.807) is 7.05 Å². The molecule has 0 bridgehead atoms. The molecule has 1 amide bonds. The van der Waals surface area contributed by atoms with Crippen LogP contribution in [0.4, 0.5) is 5.69 Å². The van der Waals surface area contributed by atoms with Crippen molar-refractivity contribution in [1.29, 1.82) is 0 Å². The van der Waals surface area contributed by atoms with Crippen molar-refractivity contribution in [1.82, 2.24) is 19.8 Å². The van der Waals surface area contributed by atoms with Gasteiger partial charge >= 0.3 is 11.9 Å². The zero-order valence-electron chi connectivity index (χ0n) is 25.9. The maximum absolute atomic E-state index is 13.4. The first-order valence-corrected chi connectivity index (χ1v) is 17.8. The Morgan fingerprint density at radius 3 is 2.40 bits per heavy atom. The fourth-order valence-electron chi connectivity index (χ4n) is 5.67. The third-order valence-corrected chi connectivity index (χ3v) is 11.1. The van der Waals surface area contributed by atoms with Gasteiger partial charge in [0.25, 0.3) is 0 Å². The topological polar surface area (TPSA) is 229 Å². The molecule has 268 valence electrons. The number of aliphatic carboxylic acids is 2. The van der Waals surface area contributed by atoms with E-state index in [0.29, 0.717) is 6.42 Å². The van der Waals surface area contributed by atoms with Crippen LogP contribution in [0.1, 0.15) is 31.7 Å². The van der Waals surface area contributed by atoms with Crippen LogP contribution in [0.2, 0.25) is 5.02 Å². The van der Waals surface area contributed by atoms with Crippen molar-refractivity contribution >= 4 is 80.0 Å². The number of amides is 1. The fraction of sp³-hybridized carbons (Fsp3) is 0.464. The molecule has 0 saturated carbocycles. The number of likely N-dealkylation sites (N-methyl/N-ethyl adjacent to an activating group) is 1. The van der Waals surface area contributed by atoms with E-state index in [2.05, 4.69) is 15.4 Å². The summed E-state index contributed by atoms with van der Waals surface area (Å²) in [5.74, 6) is -2.85. The molecule has 1 fully saturated rings. The number of aryl methyl sites for hydroxylation is 1. The minimum Gasteiger partial charge on any atom is -0.480 e. The first-order chi connectivity index (χ1) is 21.5. The molecule has 20 heteroatoms. The van der Waals surface area contributed by atoms with Crippen molar-refractivity contribution in [3.05, 3.63) is 53.1 Å². The van der Waals surface area contributed by atoms with Crippen LogP contribution in [-0.2, 0) is 40.9 Å². The second kappa shape index (κ2) is 16.8. The number of nitrogens with zero attached hydrogens (tertiary/aromatic N) is 2. The highest BCUT2D eigenvalue weighted by molar-refractivity contribution is 7.90. The van der Waals surface area contributed by atoms with Crippen LogP contribution in [0.3, 0.4) is 0 Å². The van der Waals surface area contributed by atoms with Gasteiger partial charge in [-0.25, -0.2) is 26.8 Å². The van der Waals surface area contributed by atoms with E-state index < -0.39 is 67.1 Å². The number of nitrogens with two attached hydrogens (primary N) is 1. The first-order valence-electron chi connectivity index (χ1n) is 14.4. The van der Waals surface area contributed by atoms with Crippen LogP contribution in [0.5, 0.6) is 0 Å². The Morgan fingerprint density at radius 2 is 1.81 bits per heavy atom. The number of carbonyl (C=O) groups is 3. The number of rotatable bonds is 13. The summed E-state index contributed by atoms with van der Waals surface area (Å²) in [7, 11) is -6.68. The highest BCUT2D eigenvalue weighted by Crippen LogP contribution is 2.34. The average molecular weight is 774 g/mol. The third kappa shape index (κ3) is 9.92. The summed E-state index contributed by atoms with van der Waals surface area (Å²) >= 11 is 6.05. The van der Waals surface area contributed by atoms with Crippen LogP contribution in [0.15, 0.2) is 52.3 Å². The van der Waals surface area contributed by atoms with E-state index in [9.17, 15) is 41.4 Å². The van der Waals surface area contributed by atoms with Crippen molar-refractivity contribution in [2.45, 2.75) is 72.7 Å². The maximum atomic E-state index is 13.4. The van der Waals surface area contributed by atoms with E-state index in [0.717, 1.165) is 11.6 Å². The predicted octanol–water partition coefficient (Wildman–Crippen LogP) is 1.30. The lowest BCUT2D eigenvalue weighted by atomic mass is 10.0. The van der Waals surface area contributed by atoms with Crippen molar-refractivity contribution in [2.75, 3.05) is 25.5 Å². The van der Waals surface area contributed by atoms with E-state index in [4.69, 9.17) is 16.7 Å². The molecule has 0 aromatic heterocycles. The zero-order chi connectivity index (χ0) is 34.0. The van der Waals surface area contributed by atoms with Gasteiger partial charge in [-0.1, -0.05) is 41.9 Å². The molecule has 5 atom stereocenters. The lowest BCUT2D eigenvalue weighted by Crippen LogP contribution is -2.53. The summed E-state index contributed by atoms with van der Waals surface area (Å²) in [6.45, 7) is 1.86. The number of nitrogens with one attached hydrogen (secondary N) is 3. The van der Waals surface area contributed by atoms with Crippen LogP contribution in [0, 0.1) is 0 Å². The number of benzene rings is 2. The summed E-state index contributed by atoms with van der Waals surface area (Å²) in [5, 5.41) is 30.4. The molecule has 4 rings (SSSR count). The van der Waals surface area contributed by atoms with Gasteiger partial charge in [0.1, 0.15) is 21.9 Å². The fourth-order valence-corrected chi connectivity index (χ4v) is 8.20. The largest absolute Gasteiger partial charge is 0.480 e. The number of halogens is 3. The van der Waals surface area contributed by atoms with Gasteiger partial charge in [0, 0.05) is 19.1 Å². The first kappa shape index (κ1) is 41.4. The van der Waals surface area contributed by atoms with Crippen molar-refractivity contribution < 1.29 is 41.4 Å². The van der Waals surface area contributed by atoms with Gasteiger partial charge in [-0.05, 0) is 57.4 Å². The molecule has 1 saturated heterocycles. The van der Waals surface area contributed by atoms with Crippen LogP contribution in [-0.4, -0.2) is 105 Å². The number of sulfonamides is 2. The monoisotopic (exact) mass is 772 g/mol. The van der Waals surface area contributed by atoms with Crippen LogP contribution >= 0.6 is 36.4 Å². The zero-order valence-corrected chi connectivity index (χ0v) is 29.9. The lowest BCUT2D eigenvalue weighted by molar-refractivity contribution is -0.149. The van der Waals surface area contributed by atoms with Crippen LogP contribution < -0.4 is 20.5 Å². The molecule has 2 aliphatic rings. The minimum atomic E-state index is -4.27. The summed E-state index contributed by atoms with van der Waals surface area (Å²) in [5.41, 5.74) is 1.05. The molecule has 7 N–H and O–H groups in total. The number of carboxylic acids is 2. The number of fused-ring (bicyclic) bond motifs is 1. The second-order valence-electron chi connectivity index (χ2n) is 11.4. The number of anilines is 1. The molecular weight excluding hydrogens is 735 g/mol. The normalized spacial score (nSPS) is 21.2. The van der Waals surface area contributed by atoms with E-state index in [1.807, 2.05) is 35.2 Å². The molecule has 2 aromatic rings. The van der Waals surface area contributed by atoms with Gasteiger partial charge in [0.05, 0.1) is 22.9 Å². The number of carbonyl (C=O) groups excluding carboxylic acids is 1. The number of hydrogen-bond acceptors (Lipinski definition) is 10. The predicted molar refractivity (Wildman–Crippen MR) is 183 cm³/mol. The van der Waals surface area contributed by atoms with E-state index in [-0.39, 0.29) is 78.8 Å². The average Bonchev–Trinajstić information content (AvgIpc) is 3.42. The maximum Gasteiger partial charge on any atom is 0.326 e. The summed E-state index contributed by atoms with van der Waals surface area (Å²) < 4.78 is 51.9. The number of primary sulfonamides is 1. The van der Waals surface area contributed by atoms with Crippen molar-refractivity contribution in [3.63, 3.8) is 0 Å². The number of likely N-dealkylation sites (tertiary alicyclic amines) is 1. The highest BCUT2D eigenvalue weighted by atomic mass is 35.5. The van der Waals surface area contributed by atoms with Gasteiger partial charge in [0.15, 0.2) is 0 Å². The second-order valence-corrected chi connectivity index (χ2v) is 15.1. The third-order valence-electron chi connectivity index (χ3n) is 8.18. The van der Waals surface area contributed by atoms with Gasteiger partial charge in [-0.15, -0.1) is 24.8 Å². The summed E-state index contributed by atoms with van der Waals surface area (Å²) in [4.78, 5) is 39.7. The molecule has 15 nitrogen and oxygen atoms in total. The lowest BCUT2D eigenvalue weighted by Gasteiger charge is -2.31. The molecule has 2 aliphatic heterocycles. The van der Waals surface area contributed by atoms with Gasteiger partial charge in [0.2, 0.25) is 26.0 Å². The van der Waals surface area contributed by atoms with E-state index in [1.165, 1.54) is 17.9 Å². The Hall–Kier alpha value is -2.74. The van der Waals surface area contributed by atoms with Crippen LogP contribution in [0.25, 0.3) is 0 Å². The van der Waals surface area contributed by atoms with Gasteiger partial charge in [-0.2, -0.15) is 4.72 Å². The quantitative estimate of drug-likeness (QED) is 0.169. The van der Waals surface area contributed by atoms with E-state index >= 15 is 0 Å². The Labute approximate surface area is 296 Å². The SMILES string of the molecule is C[C@H](N[C@@H](CCc1ccccc1)C(=O)O)C(=O)N1CC(N(C)CCC2Nc3cc(Cl)c(S(N)(=O)=O)cc3S(=O)(=O)N2)C[C@H]1C(=O)O.Cl.Cl. The molecule has 2 heterocycles. The molecule has 0 spiro atoms. The molecule has 0 radical (unpaired) electrons. The smallest absolute Gasteiger partial charge is 0.326 e. The van der Waals surface area contributed by atoms with Crippen molar-refractivity contribution in [3.8, 4) is 0 Å². The summed E-state index contributed by atoms with van der Waals surface area (Å²) in [6.07, 6.45) is 0.221. The Kier molecular flexibility index (Phi) is 14.5. The summed E-state index contributed by atoms with van der Waals surface area (Å²) in [6, 6.07) is 7.87. The molecular formula is C28H39Cl3N6O9S2. The molecule has 0 aliphatic carbocycles. The van der Waals surface area contributed by atoms with Crippen molar-refractivity contribution in [2.24, 2.45) is 5.14 Å². The van der Waals surface area contributed by atoms with Gasteiger partial charge in [-0.3, -0.25) is 14.9 Å². The highest BCUT2D eigenvalue weighted by Gasteiger charge is 2.43. The minimum absolute atomic E-state index is 0. The Bertz CT molecular complexity index is 1700. The molecule has 2 unspecified atom stereocenters. The number of carboxylic acid groups (broad SMARTS) is 2. The van der Waals surface area contributed by atoms with Gasteiger partial charge < -0.3 is 25.3 Å². The molecule has 48 heavy (non-hydrogen) atoms. The standard InChI is InChI=1S/C28H37ClN6O9S2.2ClH/c1-16(31-20(27(37)38)9-8-17-6-4-3-5-7-17)26(36)35-15-18(12-22(35)28(39)40)34(2)11-10-25-32-21-13-19(29)23(45(30,41)42)14-24(21)46(43,44)33-25;;/h3-7,13-14,16,18,20,22,25,31-33H,8-12,15H2,1-2H3,(H,37,38)(H,39,40)(H2,30,41,42);2*1H/t16-,18?,20-,22-,25?;;/m0../s1.